The van der Waals surface area contributed by atoms with Gasteiger partial charge in [0.15, 0.2) is 0 Å². The molecule has 0 bridgehead atoms. The molecule has 15 heavy (non-hydrogen) atoms. The van der Waals surface area contributed by atoms with E-state index in [4.69, 9.17) is 5.73 Å². The second kappa shape index (κ2) is 5.32. The number of anilines is 1. The van der Waals surface area contributed by atoms with Crippen LogP contribution in [0.1, 0.15) is 19.8 Å². The molecule has 0 aromatic carbocycles. The molecule has 2 rings (SSSR count). The minimum absolute atomic E-state index is 0. The maximum atomic E-state index is 5.92. The van der Waals surface area contributed by atoms with Crippen LogP contribution >= 0.6 is 12.4 Å². The molecule has 1 aromatic rings. The molecule has 0 amide bonds. The molecule has 0 saturated carbocycles. The average Bonchev–Trinajstić information content (AvgIpc) is 2.65. The van der Waals surface area contributed by atoms with Crippen molar-refractivity contribution in [1.82, 2.24) is 14.8 Å². The van der Waals surface area contributed by atoms with Crippen molar-refractivity contribution in [2.24, 2.45) is 5.73 Å². The molecule has 2 heterocycles. The second-order valence-electron chi connectivity index (χ2n) is 3.72. The Balaban J connectivity index is 0.00000112. The number of rotatable bonds is 2. The zero-order valence-electron chi connectivity index (χ0n) is 8.96. The van der Waals surface area contributed by atoms with Crippen molar-refractivity contribution >= 4 is 18.4 Å². The Labute approximate surface area is 96.1 Å². The first-order valence-corrected chi connectivity index (χ1v) is 5.19. The van der Waals surface area contributed by atoms with Gasteiger partial charge in [-0.1, -0.05) is 0 Å². The molecular formula is C9H18ClN5. The molecule has 1 aromatic heterocycles. The third-order valence-corrected chi connectivity index (χ3v) is 2.64. The van der Waals surface area contributed by atoms with Crippen molar-refractivity contribution in [3.05, 3.63) is 6.33 Å². The number of nitrogens with zero attached hydrogens (tertiary/aromatic N) is 4. The third-order valence-electron chi connectivity index (χ3n) is 2.64. The van der Waals surface area contributed by atoms with Crippen molar-refractivity contribution in [3.63, 3.8) is 0 Å². The molecule has 2 N–H and O–H groups in total. The second-order valence-corrected chi connectivity index (χ2v) is 3.72. The highest BCUT2D eigenvalue weighted by atomic mass is 35.5. The lowest BCUT2D eigenvalue weighted by atomic mass is 10.1. The topological polar surface area (TPSA) is 60.0 Å². The summed E-state index contributed by atoms with van der Waals surface area (Å²) < 4.78 is 1.91. The van der Waals surface area contributed by atoms with Gasteiger partial charge in [-0.25, -0.2) is 4.68 Å². The molecule has 6 heteroatoms. The summed E-state index contributed by atoms with van der Waals surface area (Å²) in [6, 6.07) is 0.283. The monoisotopic (exact) mass is 231 g/mol. The highest BCUT2D eigenvalue weighted by molar-refractivity contribution is 5.85. The normalized spacial score (nSPS) is 21.2. The van der Waals surface area contributed by atoms with E-state index in [1.807, 2.05) is 4.68 Å². The lowest BCUT2D eigenvalue weighted by Gasteiger charge is -2.31. The fourth-order valence-corrected chi connectivity index (χ4v) is 1.92. The van der Waals surface area contributed by atoms with Gasteiger partial charge in [0.2, 0.25) is 5.95 Å². The summed E-state index contributed by atoms with van der Waals surface area (Å²) in [4.78, 5) is 6.49. The Hall–Kier alpha value is -0.810. The molecule has 1 fully saturated rings. The minimum atomic E-state index is 0. The van der Waals surface area contributed by atoms with Crippen LogP contribution in [0.15, 0.2) is 6.33 Å². The molecule has 86 valence electrons. The van der Waals surface area contributed by atoms with Crippen LogP contribution in [-0.2, 0) is 6.54 Å². The Morgan fingerprint density at radius 3 is 3.07 bits per heavy atom. The number of piperidine rings is 1. The van der Waals surface area contributed by atoms with Crippen molar-refractivity contribution in [1.29, 1.82) is 0 Å². The molecule has 1 saturated heterocycles. The predicted molar refractivity (Wildman–Crippen MR) is 62.4 cm³/mol. The lowest BCUT2D eigenvalue weighted by molar-refractivity contribution is 0.489. The molecule has 1 unspecified atom stereocenters. The van der Waals surface area contributed by atoms with E-state index in [2.05, 4.69) is 21.9 Å². The summed E-state index contributed by atoms with van der Waals surface area (Å²) in [7, 11) is 0. The zero-order valence-corrected chi connectivity index (χ0v) is 9.78. The Morgan fingerprint density at radius 2 is 2.40 bits per heavy atom. The Kier molecular flexibility index (Phi) is 4.35. The van der Waals surface area contributed by atoms with Crippen LogP contribution in [0.25, 0.3) is 0 Å². The molecular weight excluding hydrogens is 214 g/mol. The molecule has 0 spiro atoms. The quantitative estimate of drug-likeness (QED) is 0.812. The summed E-state index contributed by atoms with van der Waals surface area (Å²) in [6.07, 6.45) is 3.88. The van der Waals surface area contributed by atoms with Crippen LogP contribution in [0.3, 0.4) is 0 Å². The molecule has 0 radical (unpaired) electrons. The van der Waals surface area contributed by atoms with Gasteiger partial charge in [0.05, 0.1) is 0 Å². The molecule has 5 nitrogen and oxygen atoms in total. The van der Waals surface area contributed by atoms with E-state index >= 15 is 0 Å². The maximum absolute atomic E-state index is 5.92. The van der Waals surface area contributed by atoms with Gasteiger partial charge in [0.25, 0.3) is 0 Å². The van der Waals surface area contributed by atoms with Gasteiger partial charge >= 0.3 is 0 Å². The first-order chi connectivity index (χ1) is 6.81. The summed E-state index contributed by atoms with van der Waals surface area (Å²) in [6.45, 7) is 4.88. The Morgan fingerprint density at radius 1 is 1.60 bits per heavy atom. The number of hydrogen-bond donors (Lipinski definition) is 1. The zero-order chi connectivity index (χ0) is 9.97. The van der Waals surface area contributed by atoms with Gasteiger partial charge in [-0.05, 0) is 19.8 Å². The standard InChI is InChI=1S/C9H17N5.ClH/c1-2-14-9(11-7-12-14)13-5-3-4-8(10)6-13;/h7-8H,2-6,10H2,1H3;1H. The number of aromatic nitrogens is 3. The van der Waals surface area contributed by atoms with E-state index in [1.165, 1.54) is 0 Å². The summed E-state index contributed by atoms with van der Waals surface area (Å²) in [5.74, 6) is 0.961. The smallest absolute Gasteiger partial charge is 0.223 e. The van der Waals surface area contributed by atoms with Gasteiger partial charge in [0.1, 0.15) is 6.33 Å². The summed E-state index contributed by atoms with van der Waals surface area (Å²) in [5, 5.41) is 4.16. The lowest BCUT2D eigenvalue weighted by Crippen LogP contribution is -2.44. The predicted octanol–water partition coefficient (Wildman–Crippen LogP) is 0.647. The van der Waals surface area contributed by atoms with Gasteiger partial charge in [0, 0.05) is 25.7 Å². The van der Waals surface area contributed by atoms with Crippen LogP contribution in [0.5, 0.6) is 0 Å². The number of nitrogens with two attached hydrogens (primary N) is 1. The van der Waals surface area contributed by atoms with Crippen molar-refractivity contribution in [2.75, 3.05) is 18.0 Å². The maximum Gasteiger partial charge on any atom is 0.223 e. The highest BCUT2D eigenvalue weighted by Crippen LogP contribution is 2.15. The first kappa shape index (κ1) is 12.3. The van der Waals surface area contributed by atoms with E-state index in [1.54, 1.807) is 6.33 Å². The van der Waals surface area contributed by atoms with Gasteiger partial charge in [-0.3, -0.25) is 0 Å². The van der Waals surface area contributed by atoms with Gasteiger partial charge in [-0.2, -0.15) is 10.1 Å². The van der Waals surface area contributed by atoms with Crippen LogP contribution in [0, 0.1) is 0 Å². The van der Waals surface area contributed by atoms with Crippen LogP contribution in [0.2, 0.25) is 0 Å². The molecule has 1 aliphatic rings. The fourth-order valence-electron chi connectivity index (χ4n) is 1.92. The molecule has 1 atom stereocenters. The first-order valence-electron chi connectivity index (χ1n) is 5.19. The van der Waals surface area contributed by atoms with Crippen molar-refractivity contribution in [2.45, 2.75) is 32.4 Å². The van der Waals surface area contributed by atoms with E-state index in [0.717, 1.165) is 38.4 Å². The number of hydrogen-bond acceptors (Lipinski definition) is 4. The summed E-state index contributed by atoms with van der Waals surface area (Å²) >= 11 is 0. The number of halogens is 1. The average molecular weight is 232 g/mol. The fraction of sp³-hybridized carbons (Fsp3) is 0.778. The van der Waals surface area contributed by atoms with E-state index in [-0.39, 0.29) is 18.4 Å². The third kappa shape index (κ3) is 2.60. The minimum Gasteiger partial charge on any atom is -0.339 e. The van der Waals surface area contributed by atoms with Crippen LogP contribution in [0.4, 0.5) is 5.95 Å². The highest BCUT2D eigenvalue weighted by Gasteiger charge is 2.20. The molecule has 1 aliphatic heterocycles. The molecule has 0 aliphatic carbocycles. The van der Waals surface area contributed by atoms with Gasteiger partial charge < -0.3 is 10.6 Å². The SMILES string of the molecule is CCn1ncnc1N1CCCC(N)C1.Cl. The van der Waals surface area contributed by atoms with Crippen LogP contribution in [-0.4, -0.2) is 33.9 Å². The van der Waals surface area contributed by atoms with E-state index in [9.17, 15) is 0 Å². The van der Waals surface area contributed by atoms with E-state index in [0.29, 0.717) is 0 Å². The van der Waals surface area contributed by atoms with Gasteiger partial charge in [-0.15, -0.1) is 12.4 Å². The summed E-state index contributed by atoms with van der Waals surface area (Å²) in [5.41, 5.74) is 5.92. The van der Waals surface area contributed by atoms with Crippen molar-refractivity contribution in [3.8, 4) is 0 Å². The largest absolute Gasteiger partial charge is 0.339 e. The number of aryl methyl sites for hydroxylation is 1. The van der Waals surface area contributed by atoms with Crippen molar-refractivity contribution < 1.29 is 0 Å². The van der Waals surface area contributed by atoms with Crippen LogP contribution < -0.4 is 10.6 Å². The Bertz CT molecular complexity index is 300. The van der Waals surface area contributed by atoms with E-state index < -0.39 is 0 Å².